The molecule has 0 aliphatic rings. The van der Waals surface area contributed by atoms with Crippen LogP contribution in [-0.4, -0.2) is 122 Å². The number of carboxylic acid groups (broad SMARTS) is 1. The number of nitrogens with one attached hydrogen (secondary N) is 1. The number of benzene rings is 2. The Morgan fingerprint density at radius 1 is 1.02 bits per heavy atom. The molecule has 18 heteroatoms. The van der Waals surface area contributed by atoms with E-state index < -0.39 is 64.9 Å². The van der Waals surface area contributed by atoms with Crippen LogP contribution in [-0.2, 0) is 46.9 Å². The highest BCUT2D eigenvalue weighted by molar-refractivity contribution is 7.89. The molecule has 0 radical (unpaired) electrons. The molecule has 52 heavy (non-hydrogen) atoms. The van der Waals surface area contributed by atoms with Crippen LogP contribution < -0.4 is 10.1 Å². The first kappa shape index (κ1) is 41.9. The number of methoxy groups -OCH3 is 1. The van der Waals surface area contributed by atoms with Crippen molar-refractivity contribution in [2.45, 2.75) is 50.8 Å². The van der Waals surface area contributed by atoms with E-state index in [1.807, 2.05) is 12.3 Å². The number of carbonyl (C=O) groups excluding carboxylic acids is 2. The lowest BCUT2D eigenvalue weighted by atomic mass is 10.0. The van der Waals surface area contributed by atoms with Gasteiger partial charge >= 0.3 is 18.0 Å². The molecule has 0 fully saturated rings. The topological polar surface area (TPSA) is 214 Å². The number of amides is 1. The first-order valence-electron chi connectivity index (χ1n) is 16.2. The van der Waals surface area contributed by atoms with Gasteiger partial charge in [0, 0.05) is 31.6 Å². The quantitative estimate of drug-likeness (QED) is 0.0907. The lowest BCUT2D eigenvalue weighted by Gasteiger charge is -2.32. The number of hydrogen-bond acceptors (Lipinski definition) is 14. The number of aryl methyl sites for hydroxylation is 1. The van der Waals surface area contributed by atoms with Gasteiger partial charge in [0.1, 0.15) is 18.5 Å². The van der Waals surface area contributed by atoms with Crippen LogP contribution in [0.2, 0.25) is 0 Å². The molecule has 0 bridgehead atoms. The van der Waals surface area contributed by atoms with Crippen LogP contribution >= 0.6 is 11.3 Å². The van der Waals surface area contributed by atoms with E-state index >= 15 is 0 Å². The van der Waals surface area contributed by atoms with E-state index in [1.54, 1.807) is 50.1 Å². The molecule has 0 saturated carbocycles. The predicted molar refractivity (Wildman–Crippen MR) is 190 cm³/mol. The lowest BCUT2D eigenvalue weighted by Crippen LogP contribution is -2.52. The fourth-order valence-electron chi connectivity index (χ4n) is 4.91. The van der Waals surface area contributed by atoms with Crippen molar-refractivity contribution in [3.05, 3.63) is 64.1 Å². The molecule has 3 aromatic rings. The summed E-state index contributed by atoms with van der Waals surface area (Å²) in [5.41, 5.74) is 1.37. The van der Waals surface area contributed by atoms with Gasteiger partial charge in [0.2, 0.25) is 10.0 Å². The van der Waals surface area contributed by atoms with Gasteiger partial charge in [0.15, 0.2) is 18.1 Å². The highest BCUT2D eigenvalue weighted by Crippen LogP contribution is 2.29. The maximum absolute atomic E-state index is 13.9. The third-order valence-electron chi connectivity index (χ3n) is 7.44. The number of sulfonamides is 1. The summed E-state index contributed by atoms with van der Waals surface area (Å²) in [4.78, 5) is 43.2. The number of rotatable bonds is 21. The standard InChI is InChI=1S/C34H46N4O12S2/c1-22(2)16-38(52(45,46)27-10-11-29(39)30(40)15-27)17-31(50-33(42)20-49-32(41)18-37(4)12-13-47-5)28(36-34(43)44)14-24-6-8-26(9-7-24)48-19-25-21-51-23(3)35-25/h6-11,15,21-22,28,31,36,39-40H,12-14,16-20H2,1-5H3,(H,43,44)/t28-,31+/m0/s1. The zero-order chi connectivity index (χ0) is 38.4. The molecule has 0 unspecified atom stereocenters. The molecule has 2 atom stereocenters. The Labute approximate surface area is 306 Å². The summed E-state index contributed by atoms with van der Waals surface area (Å²) in [6.07, 6.45) is -2.94. The molecule has 4 N–H and O–H groups in total. The van der Waals surface area contributed by atoms with Crippen molar-refractivity contribution in [3.8, 4) is 17.2 Å². The second-order valence-electron chi connectivity index (χ2n) is 12.3. The number of phenolic OH excluding ortho intramolecular Hbond substituents is 2. The highest BCUT2D eigenvalue weighted by atomic mass is 32.2. The van der Waals surface area contributed by atoms with Crippen molar-refractivity contribution in [1.82, 2.24) is 19.5 Å². The third-order valence-corrected chi connectivity index (χ3v) is 10.1. The number of nitrogens with zero attached hydrogens (tertiary/aromatic N) is 3. The summed E-state index contributed by atoms with van der Waals surface area (Å²) in [6, 6.07) is 8.57. The first-order valence-corrected chi connectivity index (χ1v) is 18.6. The molecule has 0 spiro atoms. The number of phenols is 2. The van der Waals surface area contributed by atoms with Gasteiger partial charge in [-0.3, -0.25) is 9.69 Å². The molecule has 1 amide bonds. The maximum atomic E-state index is 13.9. The van der Waals surface area contributed by atoms with Gasteiger partial charge in [-0.1, -0.05) is 26.0 Å². The van der Waals surface area contributed by atoms with E-state index in [1.165, 1.54) is 18.4 Å². The number of likely N-dealkylation sites (N-methyl/N-ethyl adjacent to an activating group) is 1. The molecule has 0 aliphatic carbocycles. The van der Waals surface area contributed by atoms with E-state index in [2.05, 4.69) is 10.3 Å². The van der Waals surface area contributed by atoms with Crippen LogP contribution in [0.4, 0.5) is 4.79 Å². The summed E-state index contributed by atoms with van der Waals surface area (Å²) in [5.74, 6) is -2.68. The van der Waals surface area contributed by atoms with E-state index in [4.69, 9.17) is 18.9 Å². The normalized spacial score (nSPS) is 12.8. The van der Waals surface area contributed by atoms with Crippen LogP contribution in [0.5, 0.6) is 17.2 Å². The minimum atomic E-state index is -4.41. The van der Waals surface area contributed by atoms with Gasteiger partial charge in [-0.15, -0.1) is 11.3 Å². The molecule has 2 aromatic carbocycles. The van der Waals surface area contributed by atoms with Gasteiger partial charge in [-0.2, -0.15) is 4.31 Å². The Hall–Kier alpha value is -4.49. The summed E-state index contributed by atoms with van der Waals surface area (Å²) < 4.78 is 50.4. The van der Waals surface area contributed by atoms with Gasteiger partial charge in [-0.05, 0) is 56.1 Å². The molecular weight excluding hydrogens is 721 g/mol. The molecule has 0 saturated heterocycles. The summed E-state index contributed by atoms with van der Waals surface area (Å²) >= 11 is 1.50. The van der Waals surface area contributed by atoms with Crippen molar-refractivity contribution in [2.75, 3.05) is 53.6 Å². The minimum absolute atomic E-state index is 0.0462. The van der Waals surface area contributed by atoms with Crippen molar-refractivity contribution >= 4 is 39.4 Å². The third kappa shape index (κ3) is 13.6. The molecule has 16 nitrogen and oxygen atoms in total. The van der Waals surface area contributed by atoms with Crippen molar-refractivity contribution < 1.29 is 57.1 Å². The first-order chi connectivity index (χ1) is 24.6. The van der Waals surface area contributed by atoms with E-state index in [0.29, 0.717) is 24.5 Å². The molecule has 1 heterocycles. The molecule has 286 valence electrons. The van der Waals surface area contributed by atoms with Crippen LogP contribution in [0.15, 0.2) is 52.7 Å². The van der Waals surface area contributed by atoms with Gasteiger partial charge in [0.05, 0.1) is 41.3 Å². The Kier molecular flexibility index (Phi) is 16.1. The van der Waals surface area contributed by atoms with Gasteiger partial charge < -0.3 is 39.6 Å². The molecule has 1 aromatic heterocycles. The Balaban J connectivity index is 1.90. The Morgan fingerprint density at radius 3 is 2.33 bits per heavy atom. The fraction of sp³-hybridized carbons (Fsp3) is 0.471. The summed E-state index contributed by atoms with van der Waals surface area (Å²) in [6.45, 7) is 4.87. The second-order valence-corrected chi connectivity index (χ2v) is 15.3. The van der Waals surface area contributed by atoms with Crippen molar-refractivity contribution in [1.29, 1.82) is 0 Å². The zero-order valence-corrected chi connectivity index (χ0v) is 31.3. The average molecular weight is 767 g/mol. The van der Waals surface area contributed by atoms with E-state index in [9.17, 15) is 38.1 Å². The number of hydrogen-bond donors (Lipinski definition) is 4. The van der Waals surface area contributed by atoms with E-state index in [0.717, 1.165) is 33.2 Å². The summed E-state index contributed by atoms with van der Waals surface area (Å²) in [7, 11) is -1.23. The molecular formula is C34H46N4O12S2. The number of aromatic hydroxyl groups is 2. The number of aromatic nitrogens is 1. The molecule has 3 rings (SSSR count). The average Bonchev–Trinajstić information content (AvgIpc) is 3.50. The zero-order valence-electron chi connectivity index (χ0n) is 29.7. The highest BCUT2D eigenvalue weighted by Gasteiger charge is 2.35. The Morgan fingerprint density at radius 2 is 1.73 bits per heavy atom. The number of carbonyl (C=O) groups is 3. The number of esters is 2. The minimum Gasteiger partial charge on any atom is -0.504 e. The maximum Gasteiger partial charge on any atom is 0.405 e. The Bertz CT molecular complexity index is 1730. The lowest BCUT2D eigenvalue weighted by molar-refractivity contribution is -0.164. The predicted octanol–water partition coefficient (Wildman–Crippen LogP) is 3.00. The van der Waals surface area contributed by atoms with Crippen molar-refractivity contribution in [3.63, 3.8) is 0 Å². The molecule has 0 aliphatic heterocycles. The van der Waals surface area contributed by atoms with Crippen LogP contribution in [0.1, 0.15) is 30.1 Å². The van der Waals surface area contributed by atoms with Crippen LogP contribution in [0.25, 0.3) is 0 Å². The largest absolute Gasteiger partial charge is 0.504 e. The summed E-state index contributed by atoms with van der Waals surface area (Å²) in [5, 5.41) is 34.8. The smallest absolute Gasteiger partial charge is 0.405 e. The number of ether oxygens (including phenoxy) is 4. The van der Waals surface area contributed by atoms with Gasteiger partial charge in [-0.25, -0.2) is 23.0 Å². The monoisotopic (exact) mass is 766 g/mol. The fourth-order valence-corrected chi connectivity index (χ4v) is 7.15. The van der Waals surface area contributed by atoms with Crippen LogP contribution in [0, 0.1) is 12.8 Å². The van der Waals surface area contributed by atoms with Crippen molar-refractivity contribution in [2.24, 2.45) is 5.92 Å². The van der Waals surface area contributed by atoms with Gasteiger partial charge in [0.25, 0.3) is 0 Å². The second kappa shape index (κ2) is 19.9. The SMILES string of the molecule is COCCN(C)CC(=O)OCC(=O)O[C@H](CN(CC(C)C)S(=O)(=O)c1ccc(O)c(O)c1)[C@H](Cc1ccc(OCc2csc(C)n2)cc1)NC(=O)O. The van der Waals surface area contributed by atoms with E-state index in [-0.39, 0.29) is 36.9 Å². The van der Waals surface area contributed by atoms with Crippen LogP contribution in [0.3, 0.4) is 0 Å². The number of thiazole rings is 1.